The summed E-state index contributed by atoms with van der Waals surface area (Å²) in [4.78, 5) is 41.5. The molecule has 6 aromatic rings. The second kappa shape index (κ2) is 22.7. The molecule has 0 aliphatic heterocycles. The Balaban J connectivity index is 0.000000196. The maximum atomic E-state index is 11.0. The average Bonchev–Trinajstić information content (AvgIpc) is 3.27. The van der Waals surface area contributed by atoms with Gasteiger partial charge in [0.2, 0.25) is 0 Å². The number of aldehydes is 1. The van der Waals surface area contributed by atoms with Crippen LogP contribution in [0.2, 0.25) is 0 Å². The van der Waals surface area contributed by atoms with Gasteiger partial charge in [-0.1, -0.05) is 97.1 Å². The first-order valence-electron chi connectivity index (χ1n) is 17.7. The summed E-state index contributed by atoms with van der Waals surface area (Å²) < 4.78 is 16.6. The van der Waals surface area contributed by atoms with Crippen molar-refractivity contribution in [2.75, 3.05) is 0 Å². The van der Waals surface area contributed by atoms with Crippen molar-refractivity contribution in [3.8, 4) is 17.2 Å². The predicted molar refractivity (Wildman–Crippen MR) is 218 cm³/mol. The molecule has 0 saturated carbocycles. The third kappa shape index (κ3) is 13.7. The number of rotatable bonds is 16. The van der Waals surface area contributed by atoms with Crippen molar-refractivity contribution in [3.05, 3.63) is 222 Å². The molecule has 0 aromatic heterocycles. The number of carbonyl (C=O) groups excluding carboxylic acids is 1. The Morgan fingerprint density at radius 1 is 0.559 bits per heavy atom. The fourth-order valence-corrected chi connectivity index (χ4v) is 5.21. The van der Waals surface area contributed by atoms with Crippen LogP contribution in [0.25, 0.3) is 0 Å². The quantitative estimate of drug-likeness (QED) is 0.0406. The van der Waals surface area contributed by atoms with E-state index in [1.807, 2.05) is 91.0 Å². The summed E-state index contributed by atoms with van der Waals surface area (Å²) in [7, 11) is 0. The van der Waals surface area contributed by atoms with Crippen LogP contribution in [0, 0.1) is 30.3 Å². The van der Waals surface area contributed by atoms with Gasteiger partial charge in [-0.15, -0.1) is 6.58 Å². The molecule has 0 aliphatic carbocycles. The number of benzene rings is 6. The monoisotopic (exact) mass is 801 g/mol. The van der Waals surface area contributed by atoms with Crippen LogP contribution < -0.4 is 14.2 Å². The number of ether oxygens (including phenoxy) is 3. The van der Waals surface area contributed by atoms with Crippen LogP contribution in [0.15, 0.2) is 158 Å². The molecular weight excluding hydrogens is 762 g/mol. The molecule has 0 bridgehead atoms. The van der Waals surface area contributed by atoms with Gasteiger partial charge in [-0.25, -0.2) is 0 Å². The van der Waals surface area contributed by atoms with E-state index < -0.39 is 27.5 Å². The Kier molecular flexibility index (Phi) is 16.9. The highest BCUT2D eigenvalue weighted by Gasteiger charge is 2.20. The van der Waals surface area contributed by atoms with Gasteiger partial charge in [0, 0.05) is 18.2 Å². The summed E-state index contributed by atoms with van der Waals surface area (Å²) in [5.41, 5.74) is 2.92. The highest BCUT2D eigenvalue weighted by Crippen LogP contribution is 2.30. The molecule has 0 radical (unpaired) electrons. The maximum absolute atomic E-state index is 11.0. The molecule has 0 spiro atoms. The summed E-state index contributed by atoms with van der Waals surface area (Å²) in [5, 5.41) is 51.3. The van der Waals surface area contributed by atoms with E-state index >= 15 is 0 Å². The first-order chi connectivity index (χ1) is 28.5. The Hall–Kier alpha value is -7.75. The van der Waals surface area contributed by atoms with E-state index in [-0.39, 0.29) is 33.8 Å². The zero-order valence-corrected chi connectivity index (χ0v) is 31.4. The normalized spacial score (nSPS) is 10.6. The lowest BCUT2D eigenvalue weighted by atomic mass is 10.1. The molecule has 0 aliphatic rings. The Bertz CT molecular complexity index is 2330. The van der Waals surface area contributed by atoms with E-state index in [0.717, 1.165) is 16.7 Å². The van der Waals surface area contributed by atoms with Gasteiger partial charge in [0.05, 0.1) is 38.1 Å². The standard InChI is InChI=1S/C16H15NO4.C14H13NO4.C14H11NO4/c1-2-16(18)14-10-13(8-9-15(14)17(19)20)21-11-12-6-4-3-5-7-12;2*16-9-12-8-13(6-7-14(12)15(17)18)19-10-11-4-2-1-3-5-11/h2-10,16,18H,1,11H2;1-8,16H,9-10H2;1-9H,10H2. The van der Waals surface area contributed by atoms with Crippen LogP contribution in [0.5, 0.6) is 17.2 Å². The van der Waals surface area contributed by atoms with Crippen molar-refractivity contribution >= 4 is 23.3 Å². The van der Waals surface area contributed by atoms with Crippen LogP contribution in [-0.4, -0.2) is 31.3 Å². The molecule has 0 fully saturated rings. The number of nitrogens with zero attached hydrogens (tertiary/aromatic N) is 3. The molecule has 6 rings (SSSR count). The van der Waals surface area contributed by atoms with Crippen LogP contribution in [-0.2, 0) is 26.4 Å². The van der Waals surface area contributed by atoms with E-state index in [0.29, 0.717) is 43.4 Å². The molecule has 0 saturated heterocycles. The van der Waals surface area contributed by atoms with E-state index in [1.165, 1.54) is 60.7 Å². The number of carbonyl (C=O) groups is 1. The lowest BCUT2D eigenvalue weighted by Crippen LogP contribution is -2.02. The molecular formula is C44H39N3O12. The smallest absolute Gasteiger partial charge is 0.280 e. The predicted octanol–water partition coefficient (Wildman–Crippen LogP) is 9.05. The summed E-state index contributed by atoms with van der Waals surface area (Å²) >= 11 is 0. The highest BCUT2D eigenvalue weighted by molar-refractivity contribution is 5.82. The average molecular weight is 802 g/mol. The zero-order chi connectivity index (χ0) is 42.6. The number of aliphatic hydroxyl groups is 2. The van der Waals surface area contributed by atoms with Gasteiger partial charge >= 0.3 is 0 Å². The van der Waals surface area contributed by atoms with Crippen LogP contribution in [0.3, 0.4) is 0 Å². The number of nitro groups is 3. The van der Waals surface area contributed by atoms with Crippen molar-refractivity contribution in [1.29, 1.82) is 0 Å². The number of hydrogen-bond acceptors (Lipinski definition) is 12. The minimum atomic E-state index is -1.11. The molecule has 0 heterocycles. The third-order valence-corrected chi connectivity index (χ3v) is 8.22. The molecule has 2 N–H and O–H groups in total. The zero-order valence-electron chi connectivity index (χ0n) is 31.4. The van der Waals surface area contributed by atoms with Gasteiger partial charge in [0.25, 0.3) is 17.1 Å². The summed E-state index contributed by atoms with van der Waals surface area (Å²) in [6.45, 7) is 4.13. The molecule has 302 valence electrons. The molecule has 59 heavy (non-hydrogen) atoms. The second-order valence-corrected chi connectivity index (χ2v) is 12.3. The van der Waals surface area contributed by atoms with Crippen molar-refractivity contribution in [2.24, 2.45) is 0 Å². The van der Waals surface area contributed by atoms with Gasteiger partial charge in [-0.05, 0) is 53.1 Å². The fraction of sp³-hybridized carbons (Fsp3) is 0.114. The molecule has 1 atom stereocenters. The van der Waals surface area contributed by atoms with Crippen molar-refractivity contribution in [3.63, 3.8) is 0 Å². The molecule has 6 aromatic carbocycles. The number of hydrogen-bond donors (Lipinski definition) is 2. The number of aliphatic hydroxyl groups excluding tert-OH is 2. The Morgan fingerprint density at radius 2 is 0.949 bits per heavy atom. The van der Waals surface area contributed by atoms with Crippen molar-refractivity contribution < 1.29 is 44.0 Å². The molecule has 0 amide bonds. The van der Waals surface area contributed by atoms with E-state index in [9.17, 15) is 40.2 Å². The molecule has 15 heteroatoms. The lowest BCUT2D eigenvalue weighted by Gasteiger charge is -2.10. The van der Waals surface area contributed by atoms with E-state index in [2.05, 4.69) is 6.58 Å². The van der Waals surface area contributed by atoms with Crippen molar-refractivity contribution in [1.82, 2.24) is 0 Å². The maximum Gasteiger partial charge on any atom is 0.280 e. The SMILES string of the molecule is C=CC(O)c1cc(OCc2ccccc2)ccc1[N+](=O)[O-].O=Cc1cc(OCc2ccccc2)ccc1[N+](=O)[O-].O=[N+]([O-])c1ccc(OCc2ccccc2)cc1CO. The minimum absolute atomic E-state index is 0.00978. The summed E-state index contributed by atoms with van der Waals surface area (Å²) in [5.74, 6) is 1.38. The topological polar surface area (TPSA) is 215 Å². The fourth-order valence-electron chi connectivity index (χ4n) is 5.21. The first kappa shape index (κ1) is 44.0. The van der Waals surface area contributed by atoms with Gasteiger partial charge in [0.15, 0.2) is 6.29 Å². The third-order valence-electron chi connectivity index (χ3n) is 8.22. The van der Waals surface area contributed by atoms with E-state index in [4.69, 9.17) is 19.3 Å². The van der Waals surface area contributed by atoms with Crippen LogP contribution >= 0.6 is 0 Å². The van der Waals surface area contributed by atoms with Gasteiger partial charge in [-0.2, -0.15) is 0 Å². The second-order valence-electron chi connectivity index (χ2n) is 12.3. The van der Waals surface area contributed by atoms with Gasteiger partial charge in [0.1, 0.15) is 43.2 Å². The van der Waals surface area contributed by atoms with Crippen LogP contribution in [0.4, 0.5) is 17.1 Å². The number of nitro benzene ring substituents is 3. The lowest BCUT2D eigenvalue weighted by molar-refractivity contribution is -0.386. The van der Waals surface area contributed by atoms with Gasteiger partial charge in [-0.3, -0.25) is 35.1 Å². The minimum Gasteiger partial charge on any atom is -0.489 e. The summed E-state index contributed by atoms with van der Waals surface area (Å²) in [6, 6.07) is 41.4. The van der Waals surface area contributed by atoms with Crippen LogP contribution in [0.1, 0.15) is 44.3 Å². The first-order valence-corrected chi connectivity index (χ1v) is 17.7. The Morgan fingerprint density at radius 3 is 1.34 bits per heavy atom. The largest absolute Gasteiger partial charge is 0.489 e. The molecule has 15 nitrogen and oxygen atoms in total. The van der Waals surface area contributed by atoms with E-state index in [1.54, 1.807) is 0 Å². The van der Waals surface area contributed by atoms with Crippen molar-refractivity contribution in [2.45, 2.75) is 32.5 Å². The molecule has 1 unspecified atom stereocenters. The highest BCUT2D eigenvalue weighted by atomic mass is 16.6. The summed E-state index contributed by atoms with van der Waals surface area (Å²) in [6.07, 6.45) is 0.585. The van der Waals surface area contributed by atoms with Gasteiger partial charge < -0.3 is 24.4 Å². The Labute approximate surface area is 338 Å².